The molecule has 0 aliphatic heterocycles. The molecule has 0 fully saturated rings. The zero-order valence-electron chi connectivity index (χ0n) is 8.18. The molecule has 0 aliphatic carbocycles. The molecule has 82 valence electrons. The normalized spacial score (nSPS) is 10.1. The number of halogens is 2. The zero-order chi connectivity index (χ0) is 11.4. The lowest BCUT2D eigenvalue weighted by molar-refractivity contribution is -0.136. The third-order valence-electron chi connectivity index (χ3n) is 1.90. The Balaban J connectivity index is 2.69. The van der Waals surface area contributed by atoms with Gasteiger partial charge in [-0.05, 0) is 18.6 Å². The molecule has 1 aromatic carbocycles. The predicted molar refractivity (Wildman–Crippen MR) is 51.8 cm³/mol. The second-order valence-corrected chi connectivity index (χ2v) is 3.15. The van der Waals surface area contributed by atoms with E-state index in [0.29, 0.717) is 0 Å². The monoisotopic (exact) mass is 215 g/mol. The molecule has 0 aromatic heterocycles. The standard InChI is InChI=1S/C10H11F2NO2/c1-6-4-8(12)9(5-7(6)11)13-3-2-10(14)15/h4-5,13H,2-3H2,1H3,(H,14,15). The number of carboxylic acids is 1. The van der Waals surface area contributed by atoms with Crippen LogP contribution in [0.1, 0.15) is 12.0 Å². The van der Waals surface area contributed by atoms with Gasteiger partial charge in [0.1, 0.15) is 11.6 Å². The van der Waals surface area contributed by atoms with E-state index in [0.717, 1.165) is 12.1 Å². The highest BCUT2D eigenvalue weighted by Crippen LogP contribution is 2.18. The smallest absolute Gasteiger partial charge is 0.305 e. The van der Waals surface area contributed by atoms with Crippen molar-refractivity contribution in [2.75, 3.05) is 11.9 Å². The minimum absolute atomic E-state index is 0.0145. The molecule has 0 saturated heterocycles. The average Bonchev–Trinajstić information content (AvgIpc) is 2.13. The van der Waals surface area contributed by atoms with E-state index in [2.05, 4.69) is 5.32 Å². The van der Waals surface area contributed by atoms with Crippen LogP contribution in [0.4, 0.5) is 14.5 Å². The van der Waals surface area contributed by atoms with Gasteiger partial charge < -0.3 is 10.4 Å². The van der Waals surface area contributed by atoms with Crippen LogP contribution in [0.3, 0.4) is 0 Å². The molecule has 0 aliphatic rings. The highest BCUT2D eigenvalue weighted by molar-refractivity contribution is 5.67. The maximum atomic E-state index is 13.2. The van der Waals surface area contributed by atoms with Gasteiger partial charge in [-0.3, -0.25) is 4.79 Å². The van der Waals surface area contributed by atoms with Gasteiger partial charge in [0.25, 0.3) is 0 Å². The lowest BCUT2D eigenvalue weighted by Gasteiger charge is -2.07. The largest absolute Gasteiger partial charge is 0.481 e. The van der Waals surface area contributed by atoms with E-state index < -0.39 is 17.6 Å². The highest BCUT2D eigenvalue weighted by atomic mass is 19.1. The van der Waals surface area contributed by atoms with Crippen molar-refractivity contribution < 1.29 is 18.7 Å². The summed E-state index contributed by atoms with van der Waals surface area (Å²) in [6.07, 6.45) is -0.144. The van der Waals surface area contributed by atoms with Crippen molar-refractivity contribution in [3.63, 3.8) is 0 Å². The molecule has 0 heterocycles. The van der Waals surface area contributed by atoms with Gasteiger partial charge in [0.15, 0.2) is 0 Å². The number of rotatable bonds is 4. The van der Waals surface area contributed by atoms with Crippen LogP contribution in [0.25, 0.3) is 0 Å². The molecule has 0 radical (unpaired) electrons. The van der Waals surface area contributed by atoms with Gasteiger partial charge in [0.2, 0.25) is 0 Å². The average molecular weight is 215 g/mol. The molecule has 0 spiro atoms. The predicted octanol–water partition coefficient (Wildman–Crippen LogP) is 2.16. The maximum Gasteiger partial charge on any atom is 0.305 e. The number of carbonyl (C=O) groups is 1. The Hall–Kier alpha value is -1.65. The van der Waals surface area contributed by atoms with E-state index in [-0.39, 0.29) is 24.2 Å². The Kier molecular flexibility index (Phi) is 3.60. The fraction of sp³-hybridized carbons (Fsp3) is 0.300. The number of aryl methyl sites for hydroxylation is 1. The number of aliphatic carboxylic acids is 1. The van der Waals surface area contributed by atoms with Gasteiger partial charge in [-0.1, -0.05) is 0 Å². The number of anilines is 1. The molecule has 1 rings (SSSR count). The van der Waals surface area contributed by atoms with Crippen LogP contribution in [-0.4, -0.2) is 17.6 Å². The summed E-state index contributed by atoms with van der Waals surface area (Å²) < 4.78 is 26.2. The summed E-state index contributed by atoms with van der Waals surface area (Å²) in [5.74, 6) is -2.09. The first kappa shape index (κ1) is 11.4. The molecule has 1 aromatic rings. The van der Waals surface area contributed by atoms with Crippen molar-refractivity contribution in [1.29, 1.82) is 0 Å². The van der Waals surface area contributed by atoms with Crippen LogP contribution in [0.15, 0.2) is 12.1 Å². The third kappa shape index (κ3) is 3.19. The van der Waals surface area contributed by atoms with E-state index in [1.165, 1.54) is 6.92 Å². The topological polar surface area (TPSA) is 49.3 Å². The van der Waals surface area contributed by atoms with Gasteiger partial charge in [0, 0.05) is 12.6 Å². The molecular formula is C10H11F2NO2. The van der Waals surface area contributed by atoms with Crippen LogP contribution in [0.2, 0.25) is 0 Å². The molecule has 0 saturated carbocycles. The molecular weight excluding hydrogens is 204 g/mol. The van der Waals surface area contributed by atoms with E-state index in [4.69, 9.17) is 5.11 Å². The summed E-state index contributed by atoms with van der Waals surface area (Å²) in [5.41, 5.74) is 0.204. The second-order valence-electron chi connectivity index (χ2n) is 3.15. The Labute approximate surface area is 85.7 Å². The van der Waals surface area contributed by atoms with Crippen molar-refractivity contribution >= 4 is 11.7 Å². The molecule has 0 amide bonds. The zero-order valence-corrected chi connectivity index (χ0v) is 8.18. The highest BCUT2D eigenvalue weighted by Gasteiger charge is 2.07. The maximum absolute atomic E-state index is 13.2. The fourth-order valence-electron chi connectivity index (χ4n) is 1.09. The minimum atomic E-state index is -0.990. The summed E-state index contributed by atoms with van der Waals surface area (Å²) in [7, 11) is 0. The Morgan fingerprint density at radius 2 is 2.07 bits per heavy atom. The third-order valence-corrected chi connectivity index (χ3v) is 1.90. The second kappa shape index (κ2) is 4.72. The van der Waals surface area contributed by atoms with Gasteiger partial charge in [0.05, 0.1) is 12.1 Å². The van der Waals surface area contributed by atoms with Gasteiger partial charge >= 0.3 is 5.97 Å². The molecule has 0 atom stereocenters. The summed E-state index contributed by atoms with van der Waals surface area (Å²) in [6, 6.07) is 2.09. The van der Waals surface area contributed by atoms with E-state index in [1.54, 1.807) is 0 Å². The first-order valence-corrected chi connectivity index (χ1v) is 4.42. The quantitative estimate of drug-likeness (QED) is 0.809. The Morgan fingerprint density at radius 1 is 1.40 bits per heavy atom. The Morgan fingerprint density at radius 3 is 2.67 bits per heavy atom. The number of benzene rings is 1. The van der Waals surface area contributed by atoms with E-state index >= 15 is 0 Å². The SMILES string of the molecule is Cc1cc(F)c(NCCC(=O)O)cc1F. The van der Waals surface area contributed by atoms with Crippen molar-refractivity contribution in [3.05, 3.63) is 29.3 Å². The lowest BCUT2D eigenvalue weighted by Crippen LogP contribution is -2.09. The van der Waals surface area contributed by atoms with Gasteiger partial charge in [-0.2, -0.15) is 0 Å². The van der Waals surface area contributed by atoms with Crippen LogP contribution in [-0.2, 0) is 4.79 Å². The summed E-state index contributed by atoms with van der Waals surface area (Å²) in [5, 5.41) is 10.9. The van der Waals surface area contributed by atoms with Crippen LogP contribution in [0, 0.1) is 18.6 Å². The molecule has 0 unspecified atom stereocenters. The molecule has 15 heavy (non-hydrogen) atoms. The number of hydrogen-bond donors (Lipinski definition) is 2. The lowest BCUT2D eigenvalue weighted by atomic mass is 10.2. The van der Waals surface area contributed by atoms with Crippen LogP contribution < -0.4 is 5.32 Å². The summed E-state index contributed by atoms with van der Waals surface area (Å²) >= 11 is 0. The van der Waals surface area contributed by atoms with Crippen molar-refractivity contribution in [2.45, 2.75) is 13.3 Å². The van der Waals surface area contributed by atoms with Crippen molar-refractivity contribution in [2.24, 2.45) is 0 Å². The minimum Gasteiger partial charge on any atom is -0.481 e. The number of nitrogens with one attached hydrogen (secondary N) is 1. The first-order valence-electron chi connectivity index (χ1n) is 4.42. The van der Waals surface area contributed by atoms with Crippen molar-refractivity contribution in [1.82, 2.24) is 0 Å². The molecule has 2 N–H and O–H groups in total. The number of carboxylic acid groups (broad SMARTS) is 1. The molecule has 0 bridgehead atoms. The number of hydrogen-bond acceptors (Lipinski definition) is 2. The van der Waals surface area contributed by atoms with Crippen molar-refractivity contribution in [3.8, 4) is 0 Å². The van der Waals surface area contributed by atoms with Gasteiger partial charge in [-0.15, -0.1) is 0 Å². The first-order chi connectivity index (χ1) is 7.00. The molecule has 3 nitrogen and oxygen atoms in total. The van der Waals surface area contributed by atoms with E-state index in [9.17, 15) is 13.6 Å². The Bertz CT molecular complexity index is 380. The summed E-state index contributed by atoms with van der Waals surface area (Å²) in [6.45, 7) is 1.52. The van der Waals surface area contributed by atoms with E-state index in [1.807, 2.05) is 0 Å². The molecule has 5 heteroatoms. The fourth-order valence-corrected chi connectivity index (χ4v) is 1.09. The van der Waals surface area contributed by atoms with Crippen LogP contribution in [0.5, 0.6) is 0 Å². The summed E-state index contributed by atoms with van der Waals surface area (Å²) in [4.78, 5) is 10.2. The van der Waals surface area contributed by atoms with Crippen LogP contribution >= 0.6 is 0 Å². The van der Waals surface area contributed by atoms with Gasteiger partial charge in [-0.25, -0.2) is 8.78 Å².